The van der Waals surface area contributed by atoms with Crippen molar-refractivity contribution in [1.29, 1.82) is 0 Å². The molecule has 0 amide bonds. The summed E-state index contributed by atoms with van der Waals surface area (Å²) < 4.78 is 27.2. The Morgan fingerprint density at radius 2 is 2.00 bits per heavy atom. The molecule has 20 heavy (non-hydrogen) atoms. The van der Waals surface area contributed by atoms with Gasteiger partial charge in [0, 0.05) is 7.05 Å². The molecule has 0 saturated heterocycles. The number of thiophene rings is 1. The lowest BCUT2D eigenvalue weighted by Crippen LogP contribution is -2.33. The fraction of sp³-hybridized carbons (Fsp3) is 0.333. The lowest BCUT2D eigenvalue weighted by atomic mass is 9.88. The van der Waals surface area contributed by atoms with Gasteiger partial charge in [0.25, 0.3) is 10.0 Å². The van der Waals surface area contributed by atoms with Crippen LogP contribution in [0.5, 0.6) is 0 Å². The van der Waals surface area contributed by atoms with Crippen LogP contribution in [0.1, 0.15) is 30.0 Å². The third-order valence-corrected chi connectivity index (χ3v) is 7.14. The molecule has 0 N–H and O–H groups in total. The molecule has 0 radical (unpaired) electrons. The van der Waals surface area contributed by atoms with E-state index in [2.05, 4.69) is 12.1 Å². The van der Waals surface area contributed by atoms with Crippen LogP contribution in [0, 0.1) is 0 Å². The molecule has 106 valence electrons. The third kappa shape index (κ3) is 2.30. The predicted molar refractivity (Wildman–Crippen MR) is 81.4 cm³/mol. The molecule has 5 heteroatoms. The summed E-state index contributed by atoms with van der Waals surface area (Å²) in [5.41, 5.74) is 2.43. The molecule has 0 saturated carbocycles. The van der Waals surface area contributed by atoms with Crippen LogP contribution >= 0.6 is 11.3 Å². The van der Waals surface area contributed by atoms with Crippen LogP contribution < -0.4 is 0 Å². The summed E-state index contributed by atoms with van der Waals surface area (Å²) in [6.45, 7) is 0. The molecule has 1 aliphatic rings. The smallest absolute Gasteiger partial charge is 0.206 e. The molecule has 1 aromatic heterocycles. The van der Waals surface area contributed by atoms with Crippen LogP contribution in [0.25, 0.3) is 0 Å². The van der Waals surface area contributed by atoms with E-state index in [1.165, 1.54) is 21.2 Å². The monoisotopic (exact) mass is 307 g/mol. The Kier molecular flexibility index (Phi) is 3.67. The molecule has 1 atom stereocenters. The predicted octanol–water partition coefficient (Wildman–Crippen LogP) is 3.45. The van der Waals surface area contributed by atoms with Crippen molar-refractivity contribution in [1.82, 2.24) is 4.31 Å². The Balaban J connectivity index is 1.99. The van der Waals surface area contributed by atoms with Gasteiger partial charge in [-0.25, -0.2) is 8.42 Å². The van der Waals surface area contributed by atoms with E-state index in [9.17, 15) is 8.42 Å². The average molecular weight is 307 g/mol. The van der Waals surface area contributed by atoms with Gasteiger partial charge in [-0.05, 0) is 41.8 Å². The molecule has 1 aliphatic carbocycles. The van der Waals surface area contributed by atoms with Gasteiger partial charge < -0.3 is 0 Å². The van der Waals surface area contributed by atoms with Crippen LogP contribution in [-0.2, 0) is 16.4 Å². The Bertz CT molecular complexity index is 692. The highest BCUT2D eigenvalue weighted by molar-refractivity contribution is 7.91. The molecule has 0 bridgehead atoms. The second-order valence-corrected chi connectivity index (χ2v) is 8.23. The molecule has 1 heterocycles. The number of benzene rings is 1. The number of hydrogen-bond donors (Lipinski definition) is 0. The standard InChI is InChI=1S/C15H17NO2S2/c1-16(20(17,18)15-10-5-11-19-15)14-9-4-7-12-6-2-3-8-13(12)14/h2-3,5-6,8,10-11,14H,4,7,9H2,1H3/t14-/m0/s1. The number of aryl methyl sites for hydroxylation is 1. The largest absolute Gasteiger partial charge is 0.252 e. The van der Waals surface area contributed by atoms with Crippen molar-refractivity contribution in [3.05, 3.63) is 52.9 Å². The molecule has 0 aliphatic heterocycles. The maximum absolute atomic E-state index is 12.6. The average Bonchev–Trinajstić information content (AvgIpc) is 3.01. The van der Waals surface area contributed by atoms with E-state index in [1.807, 2.05) is 12.1 Å². The van der Waals surface area contributed by atoms with E-state index in [-0.39, 0.29) is 6.04 Å². The fourth-order valence-corrected chi connectivity index (χ4v) is 5.37. The minimum Gasteiger partial charge on any atom is -0.206 e. The first-order valence-corrected chi connectivity index (χ1v) is 9.02. The number of nitrogens with zero attached hydrogens (tertiary/aromatic N) is 1. The summed E-state index contributed by atoms with van der Waals surface area (Å²) in [4.78, 5) is 0. The van der Waals surface area contributed by atoms with Crippen LogP contribution in [-0.4, -0.2) is 19.8 Å². The first kappa shape index (κ1) is 13.8. The summed E-state index contributed by atoms with van der Waals surface area (Å²) in [5.74, 6) is 0. The van der Waals surface area contributed by atoms with Crippen molar-refractivity contribution in [2.75, 3.05) is 7.05 Å². The Morgan fingerprint density at radius 3 is 2.75 bits per heavy atom. The van der Waals surface area contributed by atoms with Crippen molar-refractivity contribution in [2.45, 2.75) is 29.5 Å². The molecule has 0 unspecified atom stereocenters. The number of fused-ring (bicyclic) bond motifs is 1. The van der Waals surface area contributed by atoms with Gasteiger partial charge in [0.15, 0.2) is 0 Å². The van der Waals surface area contributed by atoms with Crippen molar-refractivity contribution in [2.24, 2.45) is 0 Å². The van der Waals surface area contributed by atoms with Gasteiger partial charge in [-0.15, -0.1) is 11.3 Å². The molecule has 0 fully saturated rings. The first-order chi connectivity index (χ1) is 9.60. The van der Waals surface area contributed by atoms with Gasteiger partial charge in [-0.1, -0.05) is 30.3 Å². The lowest BCUT2D eigenvalue weighted by Gasteiger charge is -2.32. The van der Waals surface area contributed by atoms with Gasteiger partial charge in [0.1, 0.15) is 4.21 Å². The zero-order valence-corrected chi connectivity index (χ0v) is 13.0. The van der Waals surface area contributed by atoms with Crippen molar-refractivity contribution >= 4 is 21.4 Å². The zero-order chi connectivity index (χ0) is 14.2. The van der Waals surface area contributed by atoms with E-state index in [0.717, 1.165) is 24.8 Å². The highest BCUT2D eigenvalue weighted by atomic mass is 32.2. The van der Waals surface area contributed by atoms with E-state index in [4.69, 9.17) is 0 Å². The second kappa shape index (κ2) is 5.31. The molecular weight excluding hydrogens is 290 g/mol. The summed E-state index contributed by atoms with van der Waals surface area (Å²) in [6, 6.07) is 11.6. The maximum atomic E-state index is 12.6. The SMILES string of the molecule is CN([C@H]1CCCc2ccccc21)S(=O)(=O)c1cccs1. The van der Waals surface area contributed by atoms with E-state index < -0.39 is 10.0 Å². The molecule has 0 spiro atoms. The Hall–Kier alpha value is -1.17. The minimum atomic E-state index is -3.39. The number of hydrogen-bond acceptors (Lipinski definition) is 3. The molecule has 2 aromatic rings. The molecular formula is C15H17NO2S2. The second-order valence-electron chi connectivity index (χ2n) is 5.06. The number of sulfonamides is 1. The van der Waals surface area contributed by atoms with E-state index in [1.54, 1.807) is 24.6 Å². The normalized spacial score (nSPS) is 19.0. The van der Waals surface area contributed by atoms with Gasteiger partial charge in [-0.2, -0.15) is 4.31 Å². The Morgan fingerprint density at radius 1 is 1.20 bits per heavy atom. The van der Waals surface area contributed by atoms with Gasteiger partial charge in [-0.3, -0.25) is 0 Å². The highest BCUT2D eigenvalue weighted by Gasteiger charge is 2.32. The molecule has 3 nitrogen and oxygen atoms in total. The van der Waals surface area contributed by atoms with Crippen molar-refractivity contribution in [3.8, 4) is 0 Å². The van der Waals surface area contributed by atoms with Gasteiger partial charge in [0.2, 0.25) is 0 Å². The zero-order valence-electron chi connectivity index (χ0n) is 11.3. The van der Waals surface area contributed by atoms with Crippen molar-refractivity contribution in [3.63, 3.8) is 0 Å². The van der Waals surface area contributed by atoms with Crippen molar-refractivity contribution < 1.29 is 8.42 Å². The van der Waals surface area contributed by atoms with Gasteiger partial charge in [0.05, 0.1) is 6.04 Å². The summed E-state index contributed by atoms with van der Waals surface area (Å²) in [6.07, 6.45) is 2.96. The van der Waals surface area contributed by atoms with E-state index in [0.29, 0.717) is 4.21 Å². The highest BCUT2D eigenvalue weighted by Crippen LogP contribution is 2.36. The first-order valence-electron chi connectivity index (χ1n) is 6.70. The van der Waals surface area contributed by atoms with Crippen LogP contribution in [0.4, 0.5) is 0 Å². The molecule has 1 aromatic carbocycles. The summed E-state index contributed by atoms with van der Waals surface area (Å²) in [5, 5.41) is 1.80. The van der Waals surface area contributed by atoms with Gasteiger partial charge >= 0.3 is 0 Å². The summed E-state index contributed by atoms with van der Waals surface area (Å²) >= 11 is 1.27. The number of rotatable bonds is 3. The quantitative estimate of drug-likeness (QED) is 0.871. The lowest BCUT2D eigenvalue weighted by molar-refractivity contribution is 0.338. The van der Waals surface area contributed by atoms with E-state index >= 15 is 0 Å². The topological polar surface area (TPSA) is 37.4 Å². The Labute approximate surface area is 123 Å². The summed E-state index contributed by atoms with van der Waals surface area (Å²) in [7, 11) is -1.69. The van der Waals surface area contributed by atoms with Crippen LogP contribution in [0.2, 0.25) is 0 Å². The third-order valence-electron chi connectivity index (χ3n) is 3.91. The maximum Gasteiger partial charge on any atom is 0.252 e. The molecule has 3 rings (SSSR count). The van der Waals surface area contributed by atoms with Crippen LogP contribution in [0.15, 0.2) is 46.0 Å². The minimum absolute atomic E-state index is 0.0490. The van der Waals surface area contributed by atoms with Crippen LogP contribution in [0.3, 0.4) is 0 Å². The fourth-order valence-electron chi connectivity index (χ4n) is 2.83.